The second kappa shape index (κ2) is 8.14. The van der Waals surface area contributed by atoms with Gasteiger partial charge in [0.15, 0.2) is 5.13 Å². The Kier molecular flexibility index (Phi) is 5.74. The van der Waals surface area contributed by atoms with Gasteiger partial charge >= 0.3 is 0 Å². The van der Waals surface area contributed by atoms with Crippen LogP contribution in [0.25, 0.3) is 10.2 Å². The maximum absolute atomic E-state index is 13.1. The van der Waals surface area contributed by atoms with Gasteiger partial charge in [0.2, 0.25) is 10.0 Å². The molecule has 3 aromatic rings. The molecule has 0 bridgehead atoms. The Morgan fingerprint density at radius 1 is 1.21 bits per heavy atom. The van der Waals surface area contributed by atoms with E-state index in [1.807, 2.05) is 24.3 Å². The van der Waals surface area contributed by atoms with Gasteiger partial charge in [-0.15, -0.1) is 0 Å². The fourth-order valence-electron chi connectivity index (χ4n) is 3.30. The number of piperidine rings is 1. The first kappa shape index (κ1) is 20.5. The summed E-state index contributed by atoms with van der Waals surface area (Å²) in [5.74, 6) is 0.135. The number of carbonyl (C=O) groups is 1. The summed E-state index contributed by atoms with van der Waals surface area (Å²) >= 11 is 4.71. The zero-order valence-electron chi connectivity index (χ0n) is 15.8. The third-order valence-electron chi connectivity index (χ3n) is 5.07. The van der Waals surface area contributed by atoms with E-state index in [-0.39, 0.29) is 16.4 Å². The summed E-state index contributed by atoms with van der Waals surface area (Å²) in [5, 5.41) is 3.26. The fraction of sp³-hybridized carbons (Fsp3) is 0.300. The van der Waals surface area contributed by atoms with Crippen LogP contribution in [0.3, 0.4) is 0 Å². The summed E-state index contributed by atoms with van der Waals surface area (Å²) in [4.78, 5) is 17.2. The average molecular weight is 494 g/mol. The third-order valence-corrected chi connectivity index (χ3v) is 8.91. The number of aromatic nitrogens is 1. The lowest BCUT2D eigenvalue weighted by molar-refractivity contribution is 0.102. The van der Waals surface area contributed by atoms with Crippen molar-refractivity contribution < 1.29 is 13.2 Å². The van der Waals surface area contributed by atoms with E-state index < -0.39 is 10.0 Å². The summed E-state index contributed by atoms with van der Waals surface area (Å²) in [5.41, 5.74) is 1.09. The largest absolute Gasteiger partial charge is 0.298 e. The molecule has 6 nitrogen and oxygen atoms in total. The predicted molar refractivity (Wildman–Crippen MR) is 119 cm³/mol. The van der Waals surface area contributed by atoms with E-state index >= 15 is 0 Å². The van der Waals surface area contributed by atoms with Crippen molar-refractivity contribution >= 4 is 58.5 Å². The molecule has 2 heterocycles. The maximum Gasteiger partial charge on any atom is 0.257 e. The van der Waals surface area contributed by atoms with E-state index in [4.69, 9.17) is 0 Å². The Bertz CT molecular complexity index is 1140. The van der Waals surface area contributed by atoms with Crippen LogP contribution < -0.4 is 5.32 Å². The quantitative estimate of drug-likeness (QED) is 0.569. The van der Waals surface area contributed by atoms with E-state index in [9.17, 15) is 13.2 Å². The number of hydrogen-bond acceptors (Lipinski definition) is 5. The van der Waals surface area contributed by atoms with Gasteiger partial charge in [0.1, 0.15) is 0 Å². The highest BCUT2D eigenvalue weighted by atomic mass is 79.9. The monoisotopic (exact) mass is 493 g/mol. The van der Waals surface area contributed by atoms with Crippen molar-refractivity contribution in [3.8, 4) is 0 Å². The van der Waals surface area contributed by atoms with E-state index in [1.165, 1.54) is 21.7 Å². The van der Waals surface area contributed by atoms with Gasteiger partial charge < -0.3 is 0 Å². The highest BCUT2D eigenvalue weighted by Crippen LogP contribution is 2.30. The maximum atomic E-state index is 13.1. The molecule has 0 spiro atoms. The Morgan fingerprint density at radius 3 is 2.66 bits per heavy atom. The first-order chi connectivity index (χ1) is 13.8. The molecule has 0 radical (unpaired) electrons. The number of nitrogens with zero attached hydrogens (tertiary/aromatic N) is 2. The first-order valence-corrected chi connectivity index (χ1v) is 12.4. The Labute approximate surface area is 182 Å². The minimum absolute atomic E-state index is 0.115. The summed E-state index contributed by atoms with van der Waals surface area (Å²) < 4.78 is 29.2. The van der Waals surface area contributed by atoms with Crippen LogP contribution in [0.4, 0.5) is 5.13 Å². The second-order valence-corrected chi connectivity index (χ2v) is 11.0. The number of anilines is 1. The summed E-state index contributed by atoms with van der Waals surface area (Å²) in [6.07, 6.45) is 1.68. The SMILES string of the molecule is CC1CCN(S(=O)(=O)c2cc(C(=O)Nc3nc4ccccc4s3)ccc2Br)CC1. The fourth-order valence-corrected chi connectivity index (χ4v) is 6.58. The molecule has 0 saturated carbocycles. The zero-order valence-corrected chi connectivity index (χ0v) is 19.0. The first-order valence-electron chi connectivity index (χ1n) is 9.31. The number of sulfonamides is 1. The lowest BCUT2D eigenvalue weighted by atomic mass is 10.0. The number of halogens is 1. The van der Waals surface area contributed by atoms with Crippen LogP contribution >= 0.6 is 27.3 Å². The molecule has 0 atom stereocenters. The Morgan fingerprint density at radius 2 is 1.93 bits per heavy atom. The molecule has 152 valence electrons. The number of nitrogens with one attached hydrogen (secondary N) is 1. The lowest BCUT2D eigenvalue weighted by Gasteiger charge is -2.29. The van der Waals surface area contributed by atoms with Gasteiger partial charge in [-0.1, -0.05) is 30.4 Å². The van der Waals surface area contributed by atoms with Crippen molar-refractivity contribution in [2.24, 2.45) is 5.92 Å². The van der Waals surface area contributed by atoms with Crippen molar-refractivity contribution in [3.05, 3.63) is 52.5 Å². The van der Waals surface area contributed by atoms with Crippen LogP contribution in [-0.2, 0) is 10.0 Å². The molecule has 9 heteroatoms. The minimum atomic E-state index is -3.67. The van der Waals surface area contributed by atoms with Gasteiger partial charge in [-0.3, -0.25) is 10.1 Å². The summed E-state index contributed by atoms with van der Waals surface area (Å²) in [6.45, 7) is 3.13. The van der Waals surface area contributed by atoms with Crippen LogP contribution in [0.5, 0.6) is 0 Å². The Balaban J connectivity index is 1.59. The number of benzene rings is 2. The molecule has 2 aromatic carbocycles. The standard InChI is InChI=1S/C20H20BrN3O3S2/c1-13-8-10-24(11-9-13)29(26,27)18-12-14(6-7-15(18)21)19(25)23-20-22-16-4-2-3-5-17(16)28-20/h2-7,12-13H,8-11H2,1H3,(H,22,23,25). The zero-order chi connectivity index (χ0) is 20.6. The minimum Gasteiger partial charge on any atom is -0.298 e. The molecule has 1 aliphatic heterocycles. The van der Waals surface area contributed by atoms with Gasteiger partial charge in [-0.05, 0) is 65.0 Å². The molecule has 1 N–H and O–H groups in total. The second-order valence-electron chi connectivity index (χ2n) is 7.17. The number of rotatable bonds is 4. The molecule has 0 aliphatic carbocycles. The third kappa shape index (κ3) is 4.23. The van der Waals surface area contributed by atoms with Crippen LogP contribution in [0.2, 0.25) is 0 Å². The van der Waals surface area contributed by atoms with Crippen molar-refractivity contribution in [2.75, 3.05) is 18.4 Å². The van der Waals surface area contributed by atoms with Crippen LogP contribution in [-0.4, -0.2) is 36.7 Å². The molecular weight excluding hydrogens is 474 g/mol. The Hall–Kier alpha value is -1.81. The lowest BCUT2D eigenvalue weighted by Crippen LogP contribution is -2.38. The smallest absolute Gasteiger partial charge is 0.257 e. The normalized spacial score (nSPS) is 16.2. The van der Waals surface area contributed by atoms with Gasteiger partial charge in [-0.25, -0.2) is 13.4 Å². The van der Waals surface area contributed by atoms with Gasteiger partial charge in [0, 0.05) is 23.1 Å². The summed E-state index contributed by atoms with van der Waals surface area (Å²) in [6, 6.07) is 12.3. The molecule has 1 aromatic heterocycles. The summed E-state index contributed by atoms with van der Waals surface area (Å²) in [7, 11) is -3.67. The molecule has 4 rings (SSSR count). The van der Waals surface area contributed by atoms with Crippen molar-refractivity contribution in [3.63, 3.8) is 0 Å². The predicted octanol–water partition coefficient (Wildman–Crippen LogP) is 4.73. The number of carbonyl (C=O) groups excluding carboxylic acids is 1. The molecule has 1 amide bonds. The van der Waals surface area contributed by atoms with Crippen molar-refractivity contribution in [2.45, 2.75) is 24.7 Å². The number of para-hydroxylation sites is 1. The van der Waals surface area contributed by atoms with E-state index in [1.54, 1.807) is 12.1 Å². The van der Waals surface area contributed by atoms with E-state index in [0.717, 1.165) is 23.1 Å². The highest BCUT2D eigenvalue weighted by molar-refractivity contribution is 9.10. The van der Waals surface area contributed by atoms with Crippen LogP contribution in [0.1, 0.15) is 30.1 Å². The molecule has 1 saturated heterocycles. The van der Waals surface area contributed by atoms with Crippen molar-refractivity contribution in [1.82, 2.24) is 9.29 Å². The van der Waals surface area contributed by atoms with Crippen molar-refractivity contribution in [1.29, 1.82) is 0 Å². The number of amides is 1. The van der Waals surface area contributed by atoms with Gasteiger partial charge in [0.25, 0.3) is 5.91 Å². The number of thiazole rings is 1. The van der Waals surface area contributed by atoms with E-state index in [2.05, 4.69) is 33.2 Å². The molecule has 0 unspecified atom stereocenters. The molecule has 1 aliphatic rings. The van der Waals surface area contributed by atoms with Crippen LogP contribution in [0, 0.1) is 5.92 Å². The van der Waals surface area contributed by atoms with Gasteiger partial charge in [0.05, 0.1) is 15.1 Å². The molecule has 29 heavy (non-hydrogen) atoms. The molecule has 1 fully saturated rings. The van der Waals surface area contributed by atoms with E-state index in [0.29, 0.717) is 28.6 Å². The highest BCUT2D eigenvalue weighted by Gasteiger charge is 2.30. The van der Waals surface area contributed by atoms with Crippen LogP contribution in [0.15, 0.2) is 51.8 Å². The number of fused-ring (bicyclic) bond motifs is 1. The average Bonchev–Trinajstić information content (AvgIpc) is 3.10. The van der Waals surface area contributed by atoms with Gasteiger partial charge in [-0.2, -0.15) is 4.31 Å². The number of hydrogen-bond donors (Lipinski definition) is 1. The molecular formula is C20H20BrN3O3S2. The topological polar surface area (TPSA) is 79.4 Å².